The number of fused-ring (bicyclic) bond motifs is 1. The van der Waals surface area contributed by atoms with Gasteiger partial charge in [0.2, 0.25) is 5.91 Å². The summed E-state index contributed by atoms with van der Waals surface area (Å²) in [5.74, 6) is -2.23. The van der Waals surface area contributed by atoms with Gasteiger partial charge in [-0.3, -0.25) is 4.79 Å². The Hall–Kier alpha value is -2.78. The smallest absolute Gasteiger partial charge is 0.326 e. The van der Waals surface area contributed by atoms with E-state index in [2.05, 4.69) is 23.3 Å². The number of hydrogen-bond acceptors (Lipinski definition) is 6. The SMILES string of the molecule is NCCCCC(NC(=O)Cc1ccc2cc(N[C@H](CS)C(=O)O)ccc2c1)C(=O)O. The first-order chi connectivity index (χ1) is 14.3. The van der Waals surface area contributed by atoms with Gasteiger partial charge in [0, 0.05) is 11.4 Å². The van der Waals surface area contributed by atoms with Gasteiger partial charge in [0.05, 0.1) is 6.42 Å². The van der Waals surface area contributed by atoms with Gasteiger partial charge in [-0.15, -0.1) is 0 Å². The zero-order chi connectivity index (χ0) is 22.1. The molecule has 30 heavy (non-hydrogen) atoms. The van der Waals surface area contributed by atoms with Gasteiger partial charge in [0.15, 0.2) is 0 Å². The third-order valence-electron chi connectivity index (χ3n) is 4.67. The lowest BCUT2D eigenvalue weighted by Crippen LogP contribution is -2.41. The summed E-state index contributed by atoms with van der Waals surface area (Å²) < 4.78 is 0. The number of thiol groups is 1. The highest BCUT2D eigenvalue weighted by molar-refractivity contribution is 7.80. The molecule has 6 N–H and O–H groups in total. The fourth-order valence-electron chi connectivity index (χ4n) is 3.06. The van der Waals surface area contributed by atoms with Crippen LogP contribution in [0.2, 0.25) is 0 Å². The average molecular weight is 434 g/mol. The van der Waals surface area contributed by atoms with Gasteiger partial charge in [-0.05, 0) is 54.3 Å². The van der Waals surface area contributed by atoms with Crippen LogP contribution < -0.4 is 16.4 Å². The maximum Gasteiger partial charge on any atom is 0.326 e. The molecule has 1 unspecified atom stereocenters. The zero-order valence-electron chi connectivity index (χ0n) is 16.5. The number of amides is 1. The molecule has 0 aliphatic carbocycles. The summed E-state index contributed by atoms with van der Waals surface area (Å²) in [6.07, 6.45) is 1.76. The van der Waals surface area contributed by atoms with E-state index >= 15 is 0 Å². The molecule has 2 atom stereocenters. The molecule has 0 saturated heterocycles. The average Bonchev–Trinajstić information content (AvgIpc) is 2.71. The fraction of sp³-hybridized carbons (Fsp3) is 0.381. The molecule has 2 aromatic carbocycles. The number of aliphatic carboxylic acids is 2. The van der Waals surface area contributed by atoms with Crippen molar-refractivity contribution in [2.75, 3.05) is 17.6 Å². The molecule has 0 heterocycles. The van der Waals surface area contributed by atoms with E-state index in [4.69, 9.17) is 10.8 Å². The zero-order valence-corrected chi connectivity index (χ0v) is 17.4. The Morgan fingerprint density at radius 2 is 1.63 bits per heavy atom. The van der Waals surface area contributed by atoms with Gasteiger partial charge in [0.25, 0.3) is 0 Å². The van der Waals surface area contributed by atoms with Crippen molar-refractivity contribution in [1.29, 1.82) is 0 Å². The minimum absolute atomic E-state index is 0.0668. The van der Waals surface area contributed by atoms with Crippen molar-refractivity contribution in [3.05, 3.63) is 42.0 Å². The first-order valence-corrected chi connectivity index (χ1v) is 10.3. The Kier molecular flexibility index (Phi) is 8.94. The van der Waals surface area contributed by atoms with Crippen LogP contribution in [0.15, 0.2) is 36.4 Å². The van der Waals surface area contributed by atoms with Crippen LogP contribution in [0.25, 0.3) is 10.8 Å². The standard InChI is InChI=1S/C21H27N3O5S/c22-8-2-1-3-17(20(26)27)24-19(25)10-13-4-5-15-11-16(7-6-14(15)9-13)23-18(12-30)21(28)29/h4-7,9,11,17-18,23,30H,1-3,8,10,12,22H2,(H,24,25)(H,26,27)(H,28,29)/t17?,18-/m1/s1. The molecule has 2 rings (SSSR count). The van der Waals surface area contributed by atoms with E-state index in [0.29, 0.717) is 31.5 Å². The maximum absolute atomic E-state index is 12.3. The van der Waals surface area contributed by atoms with E-state index in [9.17, 15) is 19.5 Å². The Morgan fingerprint density at radius 1 is 0.967 bits per heavy atom. The number of anilines is 1. The predicted octanol–water partition coefficient (Wildman–Crippen LogP) is 1.88. The van der Waals surface area contributed by atoms with E-state index in [1.165, 1.54) is 0 Å². The molecule has 162 valence electrons. The molecule has 2 aromatic rings. The van der Waals surface area contributed by atoms with Crippen LogP contribution in [0.1, 0.15) is 24.8 Å². The number of carboxylic acid groups (broad SMARTS) is 2. The van der Waals surface area contributed by atoms with Gasteiger partial charge in [-0.2, -0.15) is 12.6 Å². The van der Waals surface area contributed by atoms with Crippen molar-refractivity contribution in [2.45, 2.75) is 37.8 Å². The van der Waals surface area contributed by atoms with Gasteiger partial charge < -0.3 is 26.6 Å². The first kappa shape index (κ1) is 23.5. The van der Waals surface area contributed by atoms with Crippen LogP contribution >= 0.6 is 12.6 Å². The number of carbonyl (C=O) groups is 3. The van der Waals surface area contributed by atoms with Crippen molar-refractivity contribution in [3.8, 4) is 0 Å². The molecular formula is C21H27N3O5S. The summed E-state index contributed by atoms with van der Waals surface area (Å²) >= 11 is 4.04. The molecule has 0 saturated carbocycles. The van der Waals surface area contributed by atoms with Crippen LogP contribution in [0, 0.1) is 0 Å². The fourth-order valence-corrected chi connectivity index (χ4v) is 3.31. The number of carboxylic acids is 2. The summed E-state index contributed by atoms with van der Waals surface area (Å²) in [6.45, 7) is 0.486. The van der Waals surface area contributed by atoms with Crippen LogP contribution in [-0.2, 0) is 20.8 Å². The number of nitrogens with one attached hydrogen (secondary N) is 2. The number of benzene rings is 2. The maximum atomic E-state index is 12.3. The Bertz CT molecular complexity index is 905. The van der Waals surface area contributed by atoms with Crippen LogP contribution in [-0.4, -0.2) is 52.4 Å². The topological polar surface area (TPSA) is 142 Å². The predicted molar refractivity (Wildman–Crippen MR) is 119 cm³/mol. The lowest BCUT2D eigenvalue weighted by Gasteiger charge is -2.15. The van der Waals surface area contributed by atoms with Crippen LogP contribution in [0.3, 0.4) is 0 Å². The molecule has 0 bridgehead atoms. The van der Waals surface area contributed by atoms with Crippen LogP contribution in [0.4, 0.5) is 5.69 Å². The van der Waals surface area contributed by atoms with Crippen molar-refractivity contribution in [1.82, 2.24) is 5.32 Å². The number of hydrogen-bond donors (Lipinski definition) is 6. The summed E-state index contributed by atoms with van der Waals surface area (Å²) in [7, 11) is 0. The second-order valence-electron chi connectivity index (χ2n) is 7.03. The van der Waals surface area contributed by atoms with E-state index in [1.54, 1.807) is 12.1 Å². The first-order valence-electron chi connectivity index (χ1n) is 9.69. The number of unbranched alkanes of at least 4 members (excludes halogenated alkanes) is 1. The monoisotopic (exact) mass is 433 g/mol. The van der Waals surface area contributed by atoms with Crippen molar-refractivity contribution < 1.29 is 24.6 Å². The Balaban J connectivity index is 2.04. The molecule has 0 radical (unpaired) electrons. The van der Waals surface area contributed by atoms with Crippen molar-refractivity contribution in [2.24, 2.45) is 5.73 Å². The van der Waals surface area contributed by atoms with E-state index < -0.39 is 24.0 Å². The van der Waals surface area contributed by atoms with Crippen LogP contribution in [0.5, 0.6) is 0 Å². The molecule has 0 aliphatic heterocycles. The molecule has 0 aliphatic rings. The van der Waals surface area contributed by atoms with E-state index in [1.807, 2.05) is 24.3 Å². The summed E-state index contributed by atoms with van der Waals surface area (Å²) in [5.41, 5.74) is 6.84. The number of nitrogens with two attached hydrogens (primary N) is 1. The molecule has 0 fully saturated rings. The lowest BCUT2D eigenvalue weighted by molar-refractivity contribution is -0.142. The van der Waals surface area contributed by atoms with E-state index in [0.717, 1.165) is 16.3 Å². The quantitative estimate of drug-likeness (QED) is 0.222. The summed E-state index contributed by atoms with van der Waals surface area (Å²) in [5, 5.41) is 25.7. The van der Waals surface area contributed by atoms with Gasteiger partial charge >= 0.3 is 11.9 Å². The summed E-state index contributed by atoms with van der Waals surface area (Å²) in [6, 6.07) is 9.21. The molecular weight excluding hydrogens is 406 g/mol. The molecule has 0 aromatic heterocycles. The molecule has 9 heteroatoms. The summed E-state index contributed by atoms with van der Waals surface area (Å²) in [4.78, 5) is 34.8. The minimum atomic E-state index is -1.06. The second-order valence-corrected chi connectivity index (χ2v) is 7.40. The third-order valence-corrected chi connectivity index (χ3v) is 5.04. The molecule has 0 spiro atoms. The highest BCUT2D eigenvalue weighted by Gasteiger charge is 2.19. The van der Waals surface area contributed by atoms with Gasteiger partial charge in [-0.1, -0.05) is 24.3 Å². The lowest BCUT2D eigenvalue weighted by atomic mass is 10.0. The Morgan fingerprint density at radius 3 is 2.27 bits per heavy atom. The molecule has 1 amide bonds. The highest BCUT2D eigenvalue weighted by Crippen LogP contribution is 2.22. The minimum Gasteiger partial charge on any atom is -0.480 e. The number of rotatable bonds is 12. The van der Waals surface area contributed by atoms with Gasteiger partial charge in [0.1, 0.15) is 12.1 Å². The van der Waals surface area contributed by atoms with Crippen molar-refractivity contribution in [3.63, 3.8) is 0 Å². The number of carbonyl (C=O) groups excluding carboxylic acids is 1. The molecule has 8 nitrogen and oxygen atoms in total. The third kappa shape index (κ3) is 6.93. The van der Waals surface area contributed by atoms with Gasteiger partial charge in [-0.25, -0.2) is 9.59 Å². The highest BCUT2D eigenvalue weighted by atomic mass is 32.1. The van der Waals surface area contributed by atoms with E-state index in [-0.39, 0.29) is 18.1 Å². The largest absolute Gasteiger partial charge is 0.480 e. The van der Waals surface area contributed by atoms with Crippen molar-refractivity contribution >= 4 is 46.9 Å². The second kappa shape index (κ2) is 11.4. The Labute approximate surface area is 180 Å². The normalized spacial score (nSPS) is 12.9.